The molecule has 1 aliphatic carbocycles. The first-order valence-electron chi connectivity index (χ1n) is 6.04. The van der Waals surface area contributed by atoms with Crippen molar-refractivity contribution >= 4 is 27.3 Å². The van der Waals surface area contributed by atoms with Crippen molar-refractivity contribution in [3.05, 3.63) is 22.7 Å². The van der Waals surface area contributed by atoms with Crippen LogP contribution in [-0.4, -0.2) is 12.6 Å². The third-order valence-corrected chi connectivity index (χ3v) is 3.66. The van der Waals surface area contributed by atoms with Gasteiger partial charge < -0.3 is 10.6 Å². The molecule has 1 aliphatic rings. The van der Waals surface area contributed by atoms with E-state index < -0.39 is 0 Å². The number of nitrogen functional groups attached to an aromatic ring is 1. The summed E-state index contributed by atoms with van der Waals surface area (Å²) < 4.78 is 1.12. The van der Waals surface area contributed by atoms with E-state index >= 15 is 0 Å². The van der Waals surface area contributed by atoms with E-state index in [1.807, 2.05) is 12.1 Å². The number of nitrogens with two attached hydrogens (primary N) is 1. The second-order valence-corrected chi connectivity index (χ2v) is 5.34. The van der Waals surface area contributed by atoms with E-state index in [-0.39, 0.29) is 0 Å². The molecule has 88 valence electrons. The van der Waals surface area contributed by atoms with Crippen LogP contribution in [0.4, 0.5) is 11.4 Å². The average molecular weight is 283 g/mol. The van der Waals surface area contributed by atoms with Crippen LogP contribution in [0.5, 0.6) is 0 Å². The summed E-state index contributed by atoms with van der Waals surface area (Å²) in [5.74, 6) is 0. The lowest BCUT2D eigenvalue weighted by molar-refractivity contribution is 0.712. The fourth-order valence-corrected chi connectivity index (χ4v) is 2.59. The Morgan fingerprint density at radius 2 is 2.19 bits per heavy atom. The smallest absolute Gasteiger partial charge is 0.0514 e. The molecule has 0 atom stereocenters. The summed E-state index contributed by atoms with van der Waals surface area (Å²) in [7, 11) is 0. The van der Waals surface area contributed by atoms with Gasteiger partial charge in [0.1, 0.15) is 0 Å². The molecule has 2 N–H and O–H groups in total. The van der Waals surface area contributed by atoms with E-state index in [2.05, 4.69) is 33.8 Å². The first kappa shape index (κ1) is 11.8. The van der Waals surface area contributed by atoms with Crippen molar-refractivity contribution < 1.29 is 0 Å². The van der Waals surface area contributed by atoms with E-state index in [9.17, 15) is 0 Å². The van der Waals surface area contributed by atoms with Crippen LogP contribution in [-0.2, 0) is 0 Å². The average Bonchev–Trinajstić information content (AvgIpc) is 3.05. The zero-order valence-corrected chi connectivity index (χ0v) is 11.3. The number of hydrogen-bond acceptors (Lipinski definition) is 2. The van der Waals surface area contributed by atoms with Crippen molar-refractivity contribution in [2.24, 2.45) is 0 Å². The molecular weight excluding hydrogens is 264 g/mol. The van der Waals surface area contributed by atoms with Gasteiger partial charge in [0.2, 0.25) is 0 Å². The van der Waals surface area contributed by atoms with Gasteiger partial charge in [-0.05, 0) is 53.4 Å². The van der Waals surface area contributed by atoms with Gasteiger partial charge in [0.05, 0.1) is 5.69 Å². The molecular formula is C13H19BrN2. The van der Waals surface area contributed by atoms with Gasteiger partial charge >= 0.3 is 0 Å². The summed E-state index contributed by atoms with van der Waals surface area (Å²) in [4.78, 5) is 2.52. The SMILES string of the molecule is CCCCN(c1ccc(N)cc1Br)C1CC1. The first-order valence-corrected chi connectivity index (χ1v) is 6.83. The standard InChI is InChI=1S/C13H19BrN2/c1-2-3-8-16(11-5-6-11)13-7-4-10(15)9-12(13)14/h4,7,9,11H,2-3,5-6,8,15H2,1H3. The second kappa shape index (κ2) is 5.09. The van der Waals surface area contributed by atoms with Crippen molar-refractivity contribution in [3.63, 3.8) is 0 Å². The number of rotatable bonds is 5. The lowest BCUT2D eigenvalue weighted by Crippen LogP contribution is -2.27. The Morgan fingerprint density at radius 3 is 2.75 bits per heavy atom. The lowest BCUT2D eigenvalue weighted by atomic mass is 10.2. The molecule has 0 aromatic heterocycles. The largest absolute Gasteiger partial charge is 0.399 e. The maximum absolute atomic E-state index is 5.77. The van der Waals surface area contributed by atoms with Crippen molar-refractivity contribution in [1.29, 1.82) is 0 Å². The second-order valence-electron chi connectivity index (χ2n) is 4.49. The van der Waals surface area contributed by atoms with Gasteiger partial charge in [-0.15, -0.1) is 0 Å². The van der Waals surface area contributed by atoms with Crippen molar-refractivity contribution in [3.8, 4) is 0 Å². The fraction of sp³-hybridized carbons (Fsp3) is 0.538. The molecule has 0 saturated heterocycles. The topological polar surface area (TPSA) is 29.3 Å². The Labute approximate surface area is 106 Å². The van der Waals surface area contributed by atoms with Crippen LogP contribution in [0.3, 0.4) is 0 Å². The summed E-state index contributed by atoms with van der Waals surface area (Å²) in [6.45, 7) is 3.40. The molecule has 0 aliphatic heterocycles. The third kappa shape index (κ3) is 2.70. The molecule has 0 heterocycles. The molecule has 0 bridgehead atoms. The van der Waals surface area contributed by atoms with Gasteiger partial charge in [-0.3, -0.25) is 0 Å². The summed E-state index contributed by atoms with van der Waals surface area (Å²) in [6.07, 6.45) is 5.17. The van der Waals surface area contributed by atoms with Crippen LogP contribution >= 0.6 is 15.9 Å². The molecule has 0 unspecified atom stereocenters. The molecule has 2 nitrogen and oxygen atoms in total. The number of halogens is 1. The number of hydrogen-bond donors (Lipinski definition) is 1. The van der Waals surface area contributed by atoms with E-state index in [0.717, 1.165) is 22.7 Å². The van der Waals surface area contributed by atoms with Gasteiger partial charge in [0.25, 0.3) is 0 Å². The summed E-state index contributed by atoms with van der Waals surface area (Å²) >= 11 is 3.61. The molecule has 1 fully saturated rings. The van der Waals surface area contributed by atoms with Crippen molar-refractivity contribution in [2.45, 2.75) is 38.6 Å². The van der Waals surface area contributed by atoms with Crippen LogP contribution in [0.25, 0.3) is 0 Å². The fourth-order valence-electron chi connectivity index (χ4n) is 1.97. The maximum Gasteiger partial charge on any atom is 0.0514 e. The molecule has 0 amide bonds. The maximum atomic E-state index is 5.77. The highest BCUT2D eigenvalue weighted by Crippen LogP contribution is 2.36. The summed E-state index contributed by atoms with van der Waals surface area (Å²) in [6, 6.07) is 6.87. The summed E-state index contributed by atoms with van der Waals surface area (Å²) in [5.41, 5.74) is 7.89. The highest BCUT2D eigenvalue weighted by Gasteiger charge is 2.29. The number of benzene rings is 1. The van der Waals surface area contributed by atoms with Gasteiger partial charge in [0.15, 0.2) is 0 Å². The Balaban J connectivity index is 2.17. The third-order valence-electron chi connectivity index (χ3n) is 3.02. The highest BCUT2D eigenvalue weighted by atomic mass is 79.9. The minimum Gasteiger partial charge on any atom is -0.399 e. The Morgan fingerprint density at radius 1 is 1.44 bits per heavy atom. The quantitative estimate of drug-likeness (QED) is 0.833. The predicted octanol–water partition coefficient (Wildman–Crippen LogP) is 3.80. The normalized spacial score (nSPS) is 15.1. The van der Waals surface area contributed by atoms with Crippen LogP contribution in [0.2, 0.25) is 0 Å². The zero-order chi connectivity index (χ0) is 11.5. The van der Waals surface area contributed by atoms with Gasteiger partial charge in [-0.1, -0.05) is 13.3 Å². The molecule has 1 saturated carbocycles. The van der Waals surface area contributed by atoms with E-state index in [4.69, 9.17) is 5.73 Å². The molecule has 16 heavy (non-hydrogen) atoms. The van der Waals surface area contributed by atoms with E-state index in [1.54, 1.807) is 0 Å². The highest BCUT2D eigenvalue weighted by molar-refractivity contribution is 9.10. The van der Waals surface area contributed by atoms with Crippen LogP contribution in [0.15, 0.2) is 22.7 Å². The van der Waals surface area contributed by atoms with Crippen LogP contribution in [0.1, 0.15) is 32.6 Å². The number of unbranched alkanes of at least 4 members (excludes halogenated alkanes) is 1. The zero-order valence-electron chi connectivity index (χ0n) is 9.75. The molecule has 0 radical (unpaired) electrons. The van der Waals surface area contributed by atoms with Gasteiger partial charge in [-0.25, -0.2) is 0 Å². The lowest BCUT2D eigenvalue weighted by Gasteiger charge is -2.26. The van der Waals surface area contributed by atoms with Gasteiger partial charge in [-0.2, -0.15) is 0 Å². The van der Waals surface area contributed by atoms with Crippen molar-refractivity contribution in [1.82, 2.24) is 0 Å². The Bertz CT molecular complexity index is 361. The van der Waals surface area contributed by atoms with E-state index in [1.165, 1.54) is 31.4 Å². The van der Waals surface area contributed by atoms with Crippen LogP contribution in [0, 0.1) is 0 Å². The van der Waals surface area contributed by atoms with Crippen LogP contribution < -0.4 is 10.6 Å². The summed E-state index contributed by atoms with van der Waals surface area (Å²) in [5, 5.41) is 0. The molecule has 2 rings (SSSR count). The molecule has 3 heteroatoms. The van der Waals surface area contributed by atoms with Crippen molar-refractivity contribution in [2.75, 3.05) is 17.2 Å². The molecule has 1 aromatic rings. The van der Waals surface area contributed by atoms with E-state index in [0.29, 0.717) is 0 Å². The molecule has 1 aromatic carbocycles. The monoisotopic (exact) mass is 282 g/mol. The first-order chi connectivity index (χ1) is 7.72. The Kier molecular flexibility index (Phi) is 3.74. The van der Waals surface area contributed by atoms with Gasteiger partial charge in [0, 0.05) is 22.7 Å². The Hall–Kier alpha value is -0.700. The minimum atomic E-state index is 0.756. The molecule has 0 spiro atoms. The minimum absolute atomic E-state index is 0.756. The number of nitrogens with zero attached hydrogens (tertiary/aromatic N) is 1. The number of anilines is 2. The predicted molar refractivity (Wildman–Crippen MR) is 73.8 cm³/mol.